The molecule has 0 amide bonds. The minimum atomic E-state index is 0.0597. The molecule has 1 fully saturated rings. The number of piperazine rings is 1. The largest absolute Gasteiger partial charge is 0.446 e. The van der Waals surface area contributed by atoms with Crippen molar-refractivity contribution in [2.24, 2.45) is 0 Å². The molecule has 3 rings (SSSR count). The van der Waals surface area contributed by atoms with E-state index in [1.54, 1.807) is 6.07 Å². The molecule has 1 aromatic carbocycles. The van der Waals surface area contributed by atoms with Crippen molar-refractivity contribution in [1.82, 2.24) is 9.80 Å². The lowest BCUT2D eigenvalue weighted by atomic mass is 10.2. The number of benzene rings is 1. The molecular formula is C17H20N2O2S. The van der Waals surface area contributed by atoms with Gasteiger partial charge in [-0.25, -0.2) is 0 Å². The molecule has 116 valence electrons. The molecule has 1 saturated heterocycles. The summed E-state index contributed by atoms with van der Waals surface area (Å²) in [4.78, 5) is 17.9. The molecule has 0 unspecified atom stereocenters. The molecule has 2 aromatic rings. The van der Waals surface area contributed by atoms with Crippen LogP contribution in [0.15, 0.2) is 56.9 Å². The van der Waals surface area contributed by atoms with E-state index in [9.17, 15) is 4.79 Å². The number of nitrogens with zero attached hydrogens (tertiary/aromatic N) is 2. The summed E-state index contributed by atoms with van der Waals surface area (Å²) in [5.74, 6) is 0.516. The Morgan fingerprint density at radius 2 is 1.82 bits per heavy atom. The predicted octanol–water partition coefficient (Wildman–Crippen LogP) is 2.86. The highest BCUT2D eigenvalue weighted by Crippen LogP contribution is 2.29. The molecular weight excluding hydrogens is 296 g/mol. The number of rotatable bonds is 5. The third kappa shape index (κ3) is 4.00. The van der Waals surface area contributed by atoms with Crippen LogP contribution in [-0.4, -0.2) is 55.4 Å². The second kappa shape index (κ2) is 7.13. The van der Waals surface area contributed by atoms with Gasteiger partial charge in [0, 0.05) is 31.1 Å². The second-order valence-electron chi connectivity index (χ2n) is 5.54. The molecule has 0 radical (unpaired) electrons. The summed E-state index contributed by atoms with van der Waals surface area (Å²) in [7, 11) is 2.11. The number of hydrogen-bond acceptors (Lipinski definition) is 5. The predicted molar refractivity (Wildman–Crippen MR) is 87.5 cm³/mol. The number of carbonyl (C=O) groups excluding carboxylic acids is 1. The van der Waals surface area contributed by atoms with Crippen LogP contribution in [0.2, 0.25) is 0 Å². The zero-order chi connectivity index (χ0) is 15.4. The molecule has 4 nitrogen and oxygen atoms in total. The SMILES string of the molecule is CN1CCN(CC(=O)c2ccc(Sc3ccccc3)o2)CC1. The smallest absolute Gasteiger partial charge is 0.211 e. The quantitative estimate of drug-likeness (QED) is 0.793. The van der Waals surface area contributed by atoms with Crippen LogP contribution in [0.1, 0.15) is 10.6 Å². The lowest BCUT2D eigenvalue weighted by Gasteiger charge is -2.31. The zero-order valence-corrected chi connectivity index (χ0v) is 13.5. The van der Waals surface area contributed by atoms with Crippen LogP contribution in [-0.2, 0) is 0 Å². The molecule has 2 heterocycles. The average molecular weight is 316 g/mol. The van der Waals surface area contributed by atoms with Crippen molar-refractivity contribution >= 4 is 17.5 Å². The highest BCUT2D eigenvalue weighted by atomic mass is 32.2. The molecule has 1 aromatic heterocycles. The van der Waals surface area contributed by atoms with E-state index in [0.29, 0.717) is 12.3 Å². The minimum absolute atomic E-state index is 0.0597. The third-order valence-electron chi connectivity index (χ3n) is 3.78. The van der Waals surface area contributed by atoms with Crippen molar-refractivity contribution < 1.29 is 9.21 Å². The first-order valence-electron chi connectivity index (χ1n) is 7.47. The summed E-state index contributed by atoms with van der Waals surface area (Å²) in [6.07, 6.45) is 0. The fraction of sp³-hybridized carbons (Fsp3) is 0.353. The van der Waals surface area contributed by atoms with Gasteiger partial charge in [0.05, 0.1) is 6.54 Å². The van der Waals surface area contributed by atoms with E-state index in [1.165, 1.54) is 11.8 Å². The first-order chi connectivity index (χ1) is 10.7. The number of likely N-dealkylation sites (N-methyl/N-ethyl adjacent to an activating group) is 1. The Balaban J connectivity index is 1.57. The van der Waals surface area contributed by atoms with Gasteiger partial charge in [-0.1, -0.05) is 30.0 Å². The van der Waals surface area contributed by atoms with Gasteiger partial charge in [-0.3, -0.25) is 9.69 Å². The van der Waals surface area contributed by atoms with Gasteiger partial charge in [-0.05, 0) is 31.3 Å². The molecule has 1 aliphatic rings. The van der Waals surface area contributed by atoms with E-state index in [-0.39, 0.29) is 5.78 Å². The van der Waals surface area contributed by atoms with Crippen LogP contribution in [0.3, 0.4) is 0 Å². The first kappa shape index (κ1) is 15.3. The van der Waals surface area contributed by atoms with E-state index < -0.39 is 0 Å². The molecule has 0 atom stereocenters. The van der Waals surface area contributed by atoms with Crippen LogP contribution < -0.4 is 0 Å². The van der Waals surface area contributed by atoms with Crippen LogP contribution in [0, 0.1) is 0 Å². The number of furan rings is 1. The Morgan fingerprint density at radius 1 is 1.09 bits per heavy atom. The monoisotopic (exact) mass is 316 g/mol. The van der Waals surface area contributed by atoms with E-state index >= 15 is 0 Å². The van der Waals surface area contributed by atoms with Crippen molar-refractivity contribution in [1.29, 1.82) is 0 Å². The number of carbonyl (C=O) groups is 1. The molecule has 0 spiro atoms. The summed E-state index contributed by atoms with van der Waals surface area (Å²) < 4.78 is 5.69. The number of ketones is 1. The van der Waals surface area contributed by atoms with Crippen molar-refractivity contribution in [3.63, 3.8) is 0 Å². The van der Waals surface area contributed by atoms with Crippen molar-refractivity contribution in [2.45, 2.75) is 9.99 Å². The lowest BCUT2D eigenvalue weighted by molar-refractivity contribution is 0.0845. The van der Waals surface area contributed by atoms with Gasteiger partial charge >= 0.3 is 0 Å². The first-order valence-corrected chi connectivity index (χ1v) is 8.29. The molecule has 0 saturated carbocycles. The van der Waals surface area contributed by atoms with Gasteiger partial charge in [-0.15, -0.1) is 0 Å². The van der Waals surface area contributed by atoms with Gasteiger partial charge in [0.1, 0.15) is 0 Å². The minimum Gasteiger partial charge on any atom is -0.446 e. The molecule has 5 heteroatoms. The number of Topliss-reactive ketones (excluding diaryl/α,β-unsaturated/α-hetero) is 1. The van der Waals surface area contributed by atoms with Crippen LogP contribution in [0.4, 0.5) is 0 Å². The molecule has 22 heavy (non-hydrogen) atoms. The normalized spacial score (nSPS) is 16.8. The summed E-state index contributed by atoms with van der Waals surface area (Å²) in [6, 6.07) is 13.7. The Bertz CT molecular complexity index is 619. The Kier molecular flexibility index (Phi) is 4.97. The van der Waals surface area contributed by atoms with Crippen molar-refractivity contribution in [3.8, 4) is 0 Å². The zero-order valence-electron chi connectivity index (χ0n) is 12.7. The Labute approximate surface area is 135 Å². The van der Waals surface area contributed by atoms with E-state index in [0.717, 1.165) is 36.2 Å². The average Bonchev–Trinajstić information content (AvgIpc) is 2.99. The van der Waals surface area contributed by atoms with Gasteiger partial charge in [0.25, 0.3) is 0 Å². The summed E-state index contributed by atoms with van der Waals surface area (Å²) in [5, 5.41) is 0.757. The number of hydrogen-bond donors (Lipinski definition) is 0. The van der Waals surface area contributed by atoms with Crippen molar-refractivity contribution in [3.05, 3.63) is 48.2 Å². The maximum Gasteiger partial charge on any atom is 0.211 e. The highest BCUT2D eigenvalue weighted by Gasteiger charge is 2.19. The van der Waals surface area contributed by atoms with E-state index in [1.807, 2.05) is 36.4 Å². The van der Waals surface area contributed by atoms with Gasteiger partial charge in [0.2, 0.25) is 5.78 Å². The Morgan fingerprint density at radius 3 is 2.55 bits per heavy atom. The van der Waals surface area contributed by atoms with Crippen LogP contribution >= 0.6 is 11.8 Å². The van der Waals surface area contributed by atoms with Crippen molar-refractivity contribution in [2.75, 3.05) is 39.8 Å². The van der Waals surface area contributed by atoms with Gasteiger partial charge in [0.15, 0.2) is 10.9 Å². The Hall–Kier alpha value is -1.56. The molecule has 0 aliphatic carbocycles. The summed E-state index contributed by atoms with van der Waals surface area (Å²) >= 11 is 1.53. The molecule has 0 N–H and O–H groups in total. The maximum absolute atomic E-state index is 12.3. The molecule has 0 bridgehead atoms. The van der Waals surface area contributed by atoms with Gasteiger partial charge < -0.3 is 9.32 Å². The summed E-state index contributed by atoms with van der Waals surface area (Å²) in [5.41, 5.74) is 0. The van der Waals surface area contributed by atoms with Gasteiger partial charge in [-0.2, -0.15) is 0 Å². The summed E-state index contributed by atoms with van der Waals surface area (Å²) in [6.45, 7) is 4.35. The topological polar surface area (TPSA) is 36.7 Å². The van der Waals surface area contributed by atoms with Crippen LogP contribution in [0.5, 0.6) is 0 Å². The van der Waals surface area contributed by atoms with E-state index in [2.05, 4.69) is 16.8 Å². The standard InChI is InChI=1S/C17H20N2O2S/c1-18-9-11-19(12-10-18)13-15(20)16-7-8-17(21-16)22-14-5-3-2-4-6-14/h2-8H,9-13H2,1H3. The van der Waals surface area contributed by atoms with E-state index in [4.69, 9.17) is 4.42 Å². The second-order valence-corrected chi connectivity index (χ2v) is 6.61. The highest BCUT2D eigenvalue weighted by molar-refractivity contribution is 7.99. The third-order valence-corrected chi connectivity index (χ3v) is 4.71. The fourth-order valence-electron chi connectivity index (χ4n) is 2.42. The maximum atomic E-state index is 12.3. The fourth-order valence-corrected chi connectivity index (χ4v) is 3.21. The van der Waals surface area contributed by atoms with Crippen LogP contribution in [0.25, 0.3) is 0 Å². The molecule has 1 aliphatic heterocycles. The lowest BCUT2D eigenvalue weighted by Crippen LogP contribution is -2.46.